The Kier molecular flexibility index (Phi) is 2.90. The van der Waals surface area contributed by atoms with E-state index in [1.54, 1.807) is 0 Å². The maximum atomic E-state index is 11.8. The largest absolute Gasteiger partial charge is 0.321 e. The van der Waals surface area contributed by atoms with Gasteiger partial charge in [-0.1, -0.05) is 0 Å². The zero-order valence-corrected chi connectivity index (χ0v) is 11.1. The van der Waals surface area contributed by atoms with Gasteiger partial charge in [0.05, 0.1) is 17.0 Å². The van der Waals surface area contributed by atoms with Gasteiger partial charge in [0, 0.05) is 13.0 Å². The topological polar surface area (TPSA) is 90.9 Å². The molecule has 7 heteroatoms. The smallest absolute Gasteiger partial charge is 0.153 e. The van der Waals surface area contributed by atoms with E-state index < -0.39 is 9.84 Å². The van der Waals surface area contributed by atoms with Gasteiger partial charge >= 0.3 is 0 Å². The van der Waals surface area contributed by atoms with Crippen LogP contribution in [-0.4, -0.2) is 34.2 Å². The summed E-state index contributed by atoms with van der Waals surface area (Å²) in [5.74, 6) is 1.92. The van der Waals surface area contributed by atoms with Crippen LogP contribution >= 0.6 is 0 Å². The Morgan fingerprint density at radius 1 is 1.28 bits per heavy atom. The fourth-order valence-corrected chi connectivity index (χ4v) is 4.74. The number of rotatable bonds is 2. The first-order valence-electron chi connectivity index (χ1n) is 6.47. The summed E-state index contributed by atoms with van der Waals surface area (Å²) in [4.78, 5) is 0. The summed E-state index contributed by atoms with van der Waals surface area (Å²) in [6, 6.07) is -0.0554. The number of fused-ring (bicyclic) bond motifs is 1. The van der Waals surface area contributed by atoms with Crippen LogP contribution in [0.3, 0.4) is 0 Å². The van der Waals surface area contributed by atoms with E-state index >= 15 is 0 Å². The molecule has 0 amide bonds. The number of hydrogen-bond acceptors (Lipinski definition) is 5. The molecule has 0 radical (unpaired) electrons. The SMILES string of the molecule is NC1CCCn2c(CC3CCCS3(=O)=O)nnc21. The van der Waals surface area contributed by atoms with Crippen molar-refractivity contribution in [2.24, 2.45) is 5.73 Å². The van der Waals surface area contributed by atoms with Crippen LogP contribution in [0.1, 0.15) is 43.4 Å². The maximum absolute atomic E-state index is 11.8. The van der Waals surface area contributed by atoms with Crippen LogP contribution in [0.2, 0.25) is 0 Å². The van der Waals surface area contributed by atoms with E-state index in [0.29, 0.717) is 12.2 Å². The number of nitrogens with zero attached hydrogens (tertiary/aromatic N) is 3. The number of sulfone groups is 1. The third-order valence-corrected chi connectivity index (χ3v) is 6.23. The highest BCUT2D eigenvalue weighted by molar-refractivity contribution is 7.92. The highest BCUT2D eigenvalue weighted by Crippen LogP contribution is 2.26. The first kappa shape index (κ1) is 12.1. The minimum absolute atomic E-state index is 0.0554. The second-order valence-corrected chi connectivity index (χ2v) is 7.61. The first-order chi connectivity index (χ1) is 8.58. The van der Waals surface area contributed by atoms with Gasteiger partial charge in [-0.25, -0.2) is 8.42 Å². The Bertz CT molecular complexity index is 551. The lowest BCUT2D eigenvalue weighted by Gasteiger charge is -2.20. The summed E-state index contributed by atoms with van der Waals surface area (Å²) < 4.78 is 25.7. The van der Waals surface area contributed by atoms with E-state index in [1.807, 2.05) is 4.57 Å². The van der Waals surface area contributed by atoms with Crippen molar-refractivity contribution in [3.05, 3.63) is 11.6 Å². The predicted molar refractivity (Wildman–Crippen MR) is 66.7 cm³/mol. The van der Waals surface area contributed by atoms with Crippen LogP contribution in [0, 0.1) is 0 Å². The molecule has 0 spiro atoms. The van der Waals surface area contributed by atoms with Gasteiger partial charge < -0.3 is 10.3 Å². The number of aromatic nitrogens is 3. The Morgan fingerprint density at radius 3 is 2.83 bits per heavy atom. The summed E-state index contributed by atoms with van der Waals surface area (Å²) >= 11 is 0. The first-order valence-corrected chi connectivity index (χ1v) is 8.18. The van der Waals surface area contributed by atoms with Crippen molar-refractivity contribution in [2.75, 3.05) is 5.75 Å². The van der Waals surface area contributed by atoms with Crippen molar-refractivity contribution >= 4 is 9.84 Å². The average Bonchev–Trinajstić information content (AvgIpc) is 2.86. The monoisotopic (exact) mass is 270 g/mol. The van der Waals surface area contributed by atoms with E-state index in [0.717, 1.165) is 43.9 Å². The third kappa shape index (κ3) is 1.95. The van der Waals surface area contributed by atoms with Crippen LogP contribution in [0.5, 0.6) is 0 Å². The Balaban J connectivity index is 1.86. The molecule has 18 heavy (non-hydrogen) atoms. The van der Waals surface area contributed by atoms with Gasteiger partial charge in [0.15, 0.2) is 9.84 Å². The minimum Gasteiger partial charge on any atom is -0.321 e. The van der Waals surface area contributed by atoms with Crippen molar-refractivity contribution in [3.63, 3.8) is 0 Å². The summed E-state index contributed by atoms with van der Waals surface area (Å²) in [5.41, 5.74) is 5.98. The summed E-state index contributed by atoms with van der Waals surface area (Å²) in [5, 5.41) is 7.99. The zero-order chi connectivity index (χ0) is 12.8. The molecule has 0 aromatic carbocycles. The van der Waals surface area contributed by atoms with Crippen LogP contribution in [0.25, 0.3) is 0 Å². The second-order valence-electron chi connectivity index (χ2n) is 5.21. The standard InChI is InChI=1S/C11H18N4O2S/c12-9-4-1-5-15-10(13-14-11(9)15)7-8-3-2-6-18(8,16)17/h8-9H,1-7,12H2. The lowest BCUT2D eigenvalue weighted by atomic mass is 10.1. The van der Waals surface area contributed by atoms with Crippen molar-refractivity contribution in [1.82, 2.24) is 14.8 Å². The van der Waals surface area contributed by atoms with E-state index in [4.69, 9.17) is 5.73 Å². The van der Waals surface area contributed by atoms with E-state index in [2.05, 4.69) is 10.2 Å². The van der Waals surface area contributed by atoms with Crippen LogP contribution < -0.4 is 5.73 Å². The minimum atomic E-state index is -2.92. The molecular formula is C11H18N4O2S. The van der Waals surface area contributed by atoms with E-state index in [1.165, 1.54) is 0 Å². The Morgan fingerprint density at radius 2 is 2.11 bits per heavy atom. The lowest BCUT2D eigenvalue weighted by molar-refractivity contribution is 0.441. The van der Waals surface area contributed by atoms with Gasteiger partial charge in [-0.15, -0.1) is 10.2 Å². The zero-order valence-electron chi connectivity index (χ0n) is 10.2. The van der Waals surface area contributed by atoms with Gasteiger partial charge in [0.1, 0.15) is 11.6 Å². The average molecular weight is 270 g/mol. The quantitative estimate of drug-likeness (QED) is 0.828. The van der Waals surface area contributed by atoms with Crippen molar-refractivity contribution < 1.29 is 8.42 Å². The molecule has 2 atom stereocenters. The molecule has 0 aliphatic carbocycles. The molecular weight excluding hydrogens is 252 g/mol. The van der Waals surface area contributed by atoms with Gasteiger partial charge in [0.25, 0.3) is 0 Å². The molecule has 1 aromatic rings. The van der Waals surface area contributed by atoms with Gasteiger partial charge in [0.2, 0.25) is 0 Å². The predicted octanol–water partition coefficient (Wildman–Crippen LogP) is 0.191. The summed E-state index contributed by atoms with van der Waals surface area (Å²) in [6.07, 6.45) is 3.95. The molecule has 2 aliphatic rings. The molecule has 3 heterocycles. The molecule has 100 valence electrons. The third-order valence-electron chi connectivity index (χ3n) is 3.96. The van der Waals surface area contributed by atoms with Crippen molar-refractivity contribution in [3.8, 4) is 0 Å². The molecule has 2 aliphatic heterocycles. The van der Waals surface area contributed by atoms with Crippen molar-refractivity contribution in [1.29, 1.82) is 0 Å². The second kappa shape index (κ2) is 4.31. The highest BCUT2D eigenvalue weighted by Gasteiger charge is 2.33. The van der Waals surface area contributed by atoms with Crippen LogP contribution in [0.4, 0.5) is 0 Å². The highest BCUT2D eigenvalue weighted by atomic mass is 32.2. The van der Waals surface area contributed by atoms with E-state index in [-0.39, 0.29) is 11.3 Å². The maximum Gasteiger partial charge on any atom is 0.153 e. The van der Waals surface area contributed by atoms with Crippen LogP contribution in [-0.2, 0) is 22.8 Å². The number of hydrogen-bond donors (Lipinski definition) is 1. The lowest BCUT2D eigenvalue weighted by Crippen LogP contribution is -2.25. The molecule has 2 N–H and O–H groups in total. The number of nitrogens with two attached hydrogens (primary N) is 1. The van der Waals surface area contributed by atoms with Gasteiger partial charge in [-0.3, -0.25) is 0 Å². The summed E-state index contributed by atoms with van der Waals surface area (Å²) in [6.45, 7) is 0.859. The summed E-state index contributed by atoms with van der Waals surface area (Å²) in [7, 11) is -2.92. The molecule has 0 saturated carbocycles. The Labute approximate surface area is 106 Å². The molecule has 0 bridgehead atoms. The molecule has 1 saturated heterocycles. The molecule has 1 fully saturated rings. The van der Waals surface area contributed by atoms with Crippen LogP contribution in [0.15, 0.2) is 0 Å². The fraction of sp³-hybridized carbons (Fsp3) is 0.818. The van der Waals surface area contributed by atoms with Gasteiger partial charge in [-0.2, -0.15) is 0 Å². The molecule has 6 nitrogen and oxygen atoms in total. The molecule has 3 rings (SSSR count). The van der Waals surface area contributed by atoms with Gasteiger partial charge in [-0.05, 0) is 25.7 Å². The molecule has 2 unspecified atom stereocenters. The van der Waals surface area contributed by atoms with Crippen molar-refractivity contribution in [2.45, 2.75) is 49.9 Å². The Hall–Kier alpha value is -0.950. The normalized spacial score (nSPS) is 30.3. The molecule has 1 aromatic heterocycles. The fourth-order valence-electron chi connectivity index (χ4n) is 2.91. The van der Waals surface area contributed by atoms with E-state index in [9.17, 15) is 8.42 Å².